The Morgan fingerprint density at radius 3 is 2.35 bits per heavy atom. The van der Waals surface area contributed by atoms with Crippen LogP contribution < -0.4 is 10.5 Å². The van der Waals surface area contributed by atoms with Crippen molar-refractivity contribution in [2.45, 2.75) is 31.3 Å². The van der Waals surface area contributed by atoms with Crippen molar-refractivity contribution >= 4 is 10.0 Å². The van der Waals surface area contributed by atoms with Gasteiger partial charge in [-0.15, -0.1) is 0 Å². The first-order valence-corrected chi connectivity index (χ1v) is 8.21. The number of sulfonamides is 1. The summed E-state index contributed by atoms with van der Waals surface area (Å²) in [5, 5.41) is 0. The minimum Gasteiger partial charge on any atom is -0.326 e. The van der Waals surface area contributed by atoms with Gasteiger partial charge in [0.2, 0.25) is 10.0 Å². The molecule has 5 nitrogen and oxygen atoms in total. The van der Waals surface area contributed by atoms with Gasteiger partial charge in [0.05, 0.1) is 4.90 Å². The highest BCUT2D eigenvalue weighted by molar-refractivity contribution is 7.89. The number of likely N-dealkylation sites (N-methyl/N-ethyl adjacent to an activating group) is 1. The van der Waals surface area contributed by atoms with Crippen molar-refractivity contribution in [3.8, 4) is 0 Å². The maximum Gasteiger partial charge on any atom is 0.241 e. The molecule has 0 fully saturated rings. The Morgan fingerprint density at radius 2 is 1.85 bits per heavy atom. The Hall–Kier alpha value is -0.950. The van der Waals surface area contributed by atoms with Gasteiger partial charge in [0, 0.05) is 19.1 Å². The molecule has 0 aliphatic heterocycles. The van der Waals surface area contributed by atoms with Gasteiger partial charge in [0.15, 0.2) is 0 Å². The molecule has 0 aliphatic carbocycles. The van der Waals surface area contributed by atoms with E-state index < -0.39 is 10.0 Å². The molecule has 114 valence electrons. The van der Waals surface area contributed by atoms with Crippen LogP contribution in [-0.2, 0) is 16.6 Å². The molecule has 0 radical (unpaired) electrons. The Kier molecular flexibility index (Phi) is 6.13. The highest BCUT2D eigenvalue weighted by Gasteiger charge is 2.24. The molecule has 1 aromatic rings. The molecule has 0 aliphatic rings. The smallest absolute Gasteiger partial charge is 0.241 e. The third-order valence-corrected chi connectivity index (χ3v) is 4.75. The largest absolute Gasteiger partial charge is 0.326 e. The highest BCUT2D eigenvalue weighted by atomic mass is 32.2. The van der Waals surface area contributed by atoms with E-state index in [4.69, 9.17) is 5.73 Å². The Morgan fingerprint density at radius 1 is 1.25 bits per heavy atom. The lowest BCUT2D eigenvalue weighted by Gasteiger charge is -2.25. The lowest BCUT2D eigenvalue weighted by atomic mass is 10.1. The van der Waals surface area contributed by atoms with Crippen LogP contribution in [0.3, 0.4) is 0 Å². The molecule has 0 spiro atoms. The molecule has 0 saturated heterocycles. The first-order chi connectivity index (χ1) is 9.27. The van der Waals surface area contributed by atoms with E-state index in [1.54, 1.807) is 24.3 Å². The molecule has 1 unspecified atom stereocenters. The minimum atomic E-state index is -3.55. The van der Waals surface area contributed by atoms with E-state index in [1.165, 1.54) is 0 Å². The first-order valence-electron chi connectivity index (χ1n) is 6.73. The zero-order valence-corrected chi connectivity index (χ0v) is 13.4. The standard InChI is InChI=1S/C14H25N3O2S/c1-11(2)13(10-17(3)4)16-20(18,19)14-8-6-5-7-12(14)9-15/h5-8,11,13,16H,9-10,15H2,1-4H3. The van der Waals surface area contributed by atoms with Crippen LogP contribution in [0.5, 0.6) is 0 Å². The SMILES string of the molecule is CC(C)C(CN(C)C)NS(=O)(=O)c1ccccc1CN. The van der Waals surface area contributed by atoms with Gasteiger partial charge < -0.3 is 10.6 Å². The van der Waals surface area contributed by atoms with Gasteiger partial charge in [-0.05, 0) is 31.6 Å². The number of hydrogen-bond acceptors (Lipinski definition) is 4. The second-order valence-corrected chi connectivity index (χ2v) is 7.23. The van der Waals surface area contributed by atoms with Gasteiger partial charge in [-0.1, -0.05) is 32.0 Å². The summed E-state index contributed by atoms with van der Waals surface area (Å²) in [6.45, 7) is 4.87. The molecule has 0 bridgehead atoms. The van der Waals surface area contributed by atoms with Crippen molar-refractivity contribution in [3.63, 3.8) is 0 Å². The number of benzene rings is 1. The zero-order valence-electron chi connectivity index (χ0n) is 12.6. The van der Waals surface area contributed by atoms with Crippen LogP contribution in [0.4, 0.5) is 0 Å². The van der Waals surface area contributed by atoms with Gasteiger partial charge >= 0.3 is 0 Å². The van der Waals surface area contributed by atoms with Gasteiger partial charge in [-0.25, -0.2) is 13.1 Å². The summed E-state index contributed by atoms with van der Waals surface area (Å²) in [5.74, 6) is 0.206. The molecule has 1 rings (SSSR count). The Labute approximate surface area is 122 Å². The maximum atomic E-state index is 12.5. The molecular formula is C14H25N3O2S. The lowest BCUT2D eigenvalue weighted by molar-refractivity contribution is 0.314. The van der Waals surface area contributed by atoms with Crippen LogP contribution in [0.15, 0.2) is 29.2 Å². The molecule has 0 saturated carbocycles. The molecule has 1 atom stereocenters. The van der Waals surface area contributed by atoms with E-state index >= 15 is 0 Å². The van der Waals surface area contributed by atoms with E-state index in [1.807, 2.05) is 32.8 Å². The van der Waals surface area contributed by atoms with E-state index in [2.05, 4.69) is 4.72 Å². The summed E-state index contributed by atoms with van der Waals surface area (Å²) in [5.41, 5.74) is 6.25. The molecule has 0 heterocycles. The van der Waals surface area contributed by atoms with Gasteiger partial charge in [-0.3, -0.25) is 0 Å². The number of nitrogens with zero attached hydrogens (tertiary/aromatic N) is 1. The summed E-state index contributed by atoms with van der Waals surface area (Å²) in [6, 6.07) is 6.70. The Balaban J connectivity index is 3.03. The van der Waals surface area contributed by atoms with Crippen molar-refractivity contribution in [2.24, 2.45) is 11.7 Å². The van der Waals surface area contributed by atoms with Crippen molar-refractivity contribution in [2.75, 3.05) is 20.6 Å². The maximum absolute atomic E-state index is 12.5. The minimum absolute atomic E-state index is 0.138. The van der Waals surface area contributed by atoms with Crippen LogP contribution in [0.2, 0.25) is 0 Å². The predicted octanol–water partition coefficient (Wildman–Crippen LogP) is 1.01. The van der Waals surface area contributed by atoms with Crippen molar-refractivity contribution in [1.82, 2.24) is 9.62 Å². The fourth-order valence-corrected chi connectivity index (χ4v) is 3.60. The van der Waals surface area contributed by atoms with E-state index in [0.29, 0.717) is 12.1 Å². The van der Waals surface area contributed by atoms with Gasteiger partial charge in [0.1, 0.15) is 0 Å². The second kappa shape index (κ2) is 7.17. The number of rotatable bonds is 7. The van der Waals surface area contributed by atoms with Crippen LogP contribution in [-0.4, -0.2) is 40.0 Å². The first kappa shape index (κ1) is 17.1. The zero-order chi connectivity index (χ0) is 15.3. The molecule has 0 amide bonds. The van der Waals surface area contributed by atoms with Crippen molar-refractivity contribution < 1.29 is 8.42 Å². The normalized spacial score (nSPS) is 13.9. The number of nitrogens with two attached hydrogens (primary N) is 1. The van der Waals surface area contributed by atoms with Crippen molar-refractivity contribution in [1.29, 1.82) is 0 Å². The van der Waals surface area contributed by atoms with Crippen molar-refractivity contribution in [3.05, 3.63) is 29.8 Å². The van der Waals surface area contributed by atoms with Crippen LogP contribution in [0.25, 0.3) is 0 Å². The predicted molar refractivity (Wildman–Crippen MR) is 81.8 cm³/mol. The third-order valence-electron chi connectivity index (χ3n) is 3.16. The monoisotopic (exact) mass is 299 g/mol. The van der Waals surface area contributed by atoms with E-state index in [0.717, 1.165) is 0 Å². The fourth-order valence-electron chi connectivity index (χ4n) is 1.97. The van der Waals surface area contributed by atoms with E-state index in [9.17, 15) is 8.42 Å². The molecule has 0 aromatic heterocycles. The average molecular weight is 299 g/mol. The number of nitrogens with one attached hydrogen (secondary N) is 1. The third kappa shape index (κ3) is 4.56. The van der Waals surface area contributed by atoms with Gasteiger partial charge in [0.25, 0.3) is 0 Å². The molecular weight excluding hydrogens is 274 g/mol. The summed E-state index contributed by atoms with van der Waals surface area (Å²) in [7, 11) is 0.307. The highest BCUT2D eigenvalue weighted by Crippen LogP contribution is 2.16. The summed E-state index contributed by atoms with van der Waals surface area (Å²) >= 11 is 0. The van der Waals surface area contributed by atoms with Crippen LogP contribution in [0, 0.1) is 5.92 Å². The van der Waals surface area contributed by atoms with Gasteiger partial charge in [-0.2, -0.15) is 0 Å². The van der Waals surface area contributed by atoms with Crippen LogP contribution >= 0.6 is 0 Å². The Bertz CT molecular complexity index is 527. The summed E-state index contributed by atoms with van der Waals surface area (Å²) < 4.78 is 27.8. The summed E-state index contributed by atoms with van der Waals surface area (Å²) in [4.78, 5) is 2.24. The topological polar surface area (TPSA) is 75.4 Å². The quantitative estimate of drug-likeness (QED) is 0.788. The average Bonchev–Trinajstić information content (AvgIpc) is 2.37. The molecule has 6 heteroatoms. The van der Waals surface area contributed by atoms with E-state index in [-0.39, 0.29) is 23.4 Å². The molecule has 3 N–H and O–H groups in total. The second-order valence-electron chi connectivity index (χ2n) is 5.55. The fraction of sp³-hybridized carbons (Fsp3) is 0.571. The molecule has 20 heavy (non-hydrogen) atoms. The summed E-state index contributed by atoms with van der Waals surface area (Å²) in [6.07, 6.45) is 0. The lowest BCUT2D eigenvalue weighted by Crippen LogP contribution is -2.45. The van der Waals surface area contributed by atoms with Crippen LogP contribution in [0.1, 0.15) is 19.4 Å². The number of hydrogen-bond donors (Lipinski definition) is 2. The molecule has 1 aromatic carbocycles.